The van der Waals surface area contributed by atoms with Gasteiger partial charge in [-0.2, -0.15) is 0 Å². The number of halogens is 1. The molecule has 0 saturated carbocycles. The molecule has 0 radical (unpaired) electrons. The second kappa shape index (κ2) is 7.02. The highest BCUT2D eigenvalue weighted by Crippen LogP contribution is 2.35. The van der Waals surface area contributed by atoms with E-state index in [1.165, 1.54) is 0 Å². The van der Waals surface area contributed by atoms with Crippen LogP contribution in [0.25, 0.3) is 22.3 Å². The Balaban J connectivity index is 2.00. The summed E-state index contributed by atoms with van der Waals surface area (Å²) in [5.41, 5.74) is 4.86. The number of carboxylic acid groups (broad SMARTS) is 2. The van der Waals surface area contributed by atoms with E-state index >= 15 is 0 Å². The van der Waals surface area contributed by atoms with E-state index in [2.05, 4.69) is 0 Å². The molecule has 0 aliphatic heterocycles. The standard InChI is InChI=1S/C21H15ClO4/c1-12-10-18(14-4-8-16(9-5-14)21(25)26)19(22)11-17(12)13-2-6-15(7-3-13)20(23)24/h2-11H,1H3,(H,23,24)(H,25,26). The number of carboxylic acids is 2. The monoisotopic (exact) mass is 366 g/mol. The van der Waals surface area contributed by atoms with E-state index in [-0.39, 0.29) is 11.1 Å². The molecule has 26 heavy (non-hydrogen) atoms. The zero-order chi connectivity index (χ0) is 18.8. The lowest BCUT2D eigenvalue weighted by molar-refractivity contribution is 0.0686. The van der Waals surface area contributed by atoms with Crippen LogP contribution in [0.15, 0.2) is 60.7 Å². The van der Waals surface area contributed by atoms with E-state index in [9.17, 15) is 9.59 Å². The molecule has 0 aliphatic carbocycles. The summed E-state index contributed by atoms with van der Waals surface area (Å²) in [4.78, 5) is 22.0. The molecule has 0 spiro atoms. The fourth-order valence-corrected chi connectivity index (χ4v) is 3.07. The first-order chi connectivity index (χ1) is 12.4. The van der Waals surface area contributed by atoms with Crippen molar-refractivity contribution in [2.24, 2.45) is 0 Å². The molecule has 0 unspecified atom stereocenters. The first-order valence-electron chi connectivity index (χ1n) is 7.84. The van der Waals surface area contributed by atoms with E-state index in [0.29, 0.717) is 5.02 Å². The Labute approximate surface area is 155 Å². The Kier molecular flexibility index (Phi) is 4.78. The van der Waals surface area contributed by atoms with Gasteiger partial charge in [-0.3, -0.25) is 0 Å². The van der Waals surface area contributed by atoms with Crippen LogP contribution in [0.4, 0.5) is 0 Å². The Morgan fingerprint density at radius 1 is 0.731 bits per heavy atom. The second-order valence-corrected chi connectivity index (χ2v) is 6.32. The largest absolute Gasteiger partial charge is 0.478 e. The zero-order valence-corrected chi connectivity index (χ0v) is 14.6. The summed E-state index contributed by atoms with van der Waals surface area (Å²) in [7, 11) is 0. The van der Waals surface area contributed by atoms with Crippen molar-refractivity contribution in [1.82, 2.24) is 0 Å². The lowest BCUT2D eigenvalue weighted by Gasteiger charge is -2.12. The molecular formula is C21H15ClO4. The van der Waals surface area contributed by atoms with Crippen LogP contribution in [0.1, 0.15) is 26.3 Å². The van der Waals surface area contributed by atoms with Gasteiger partial charge in [0.15, 0.2) is 0 Å². The Bertz CT molecular complexity index is 907. The van der Waals surface area contributed by atoms with Gasteiger partial charge in [-0.25, -0.2) is 9.59 Å². The minimum absolute atomic E-state index is 0.219. The fourth-order valence-electron chi connectivity index (χ4n) is 2.80. The molecular weight excluding hydrogens is 352 g/mol. The summed E-state index contributed by atoms with van der Waals surface area (Å²) < 4.78 is 0. The Hall–Kier alpha value is -3.11. The van der Waals surface area contributed by atoms with E-state index in [1.807, 2.05) is 19.1 Å². The quantitative estimate of drug-likeness (QED) is 0.650. The highest BCUT2D eigenvalue weighted by atomic mass is 35.5. The highest BCUT2D eigenvalue weighted by molar-refractivity contribution is 6.33. The molecule has 3 rings (SSSR count). The number of aryl methyl sites for hydroxylation is 1. The molecule has 4 nitrogen and oxygen atoms in total. The minimum Gasteiger partial charge on any atom is -0.478 e. The van der Waals surface area contributed by atoms with Crippen LogP contribution in [0.3, 0.4) is 0 Å². The molecule has 0 heterocycles. The van der Waals surface area contributed by atoms with Gasteiger partial charge in [0.1, 0.15) is 0 Å². The van der Waals surface area contributed by atoms with E-state index in [1.54, 1.807) is 48.5 Å². The summed E-state index contributed by atoms with van der Waals surface area (Å²) >= 11 is 6.46. The molecule has 3 aromatic carbocycles. The third-order valence-electron chi connectivity index (χ3n) is 4.20. The van der Waals surface area contributed by atoms with Gasteiger partial charge < -0.3 is 10.2 Å². The number of carbonyl (C=O) groups is 2. The van der Waals surface area contributed by atoms with Gasteiger partial charge in [0.25, 0.3) is 0 Å². The van der Waals surface area contributed by atoms with Crippen molar-refractivity contribution >= 4 is 23.5 Å². The average molecular weight is 367 g/mol. The van der Waals surface area contributed by atoms with Crippen LogP contribution in [0.2, 0.25) is 5.02 Å². The normalized spacial score (nSPS) is 10.5. The number of benzene rings is 3. The minimum atomic E-state index is -0.973. The van der Waals surface area contributed by atoms with Gasteiger partial charge in [-0.15, -0.1) is 0 Å². The molecule has 0 aliphatic rings. The number of hydrogen-bond acceptors (Lipinski definition) is 2. The molecule has 2 N–H and O–H groups in total. The first kappa shape index (κ1) is 17.7. The van der Waals surface area contributed by atoms with Crippen molar-refractivity contribution in [3.05, 3.63) is 82.4 Å². The van der Waals surface area contributed by atoms with E-state index in [4.69, 9.17) is 21.8 Å². The maximum absolute atomic E-state index is 11.0. The topological polar surface area (TPSA) is 74.6 Å². The molecule has 5 heteroatoms. The zero-order valence-electron chi connectivity index (χ0n) is 13.9. The van der Waals surface area contributed by atoms with Crippen molar-refractivity contribution in [3.63, 3.8) is 0 Å². The van der Waals surface area contributed by atoms with Gasteiger partial charge in [-0.1, -0.05) is 35.9 Å². The number of aromatic carboxylic acids is 2. The van der Waals surface area contributed by atoms with E-state index < -0.39 is 11.9 Å². The van der Waals surface area contributed by atoms with Crippen molar-refractivity contribution in [1.29, 1.82) is 0 Å². The predicted molar refractivity (Wildman–Crippen MR) is 101 cm³/mol. The maximum atomic E-state index is 11.0. The van der Waals surface area contributed by atoms with Gasteiger partial charge in [-0.05, 0) is 65.6 Å². The van der Waals surface area contributed by atoms with Gasteiger partial charge in [0.05, 0.1) is 11.1 Å². The smallest absolute Gasteiger partial charge is 0.335 e. The van der Waals surface area contributed by atoms with Crippen molar-refractivity contribution in [2.75, 3.05) is 0 Å². The third kappa shape index (κ3) is 3.46. The summed E-state index contributed by atoms with van der Waals surface area (Å²) in [6, 6.07) is 17.0. The van der Waals surface area contributed by atoms with Crippen molar-refractivity contribution in [2.45, 2.75) is 6.92 Å². The molecule has 0 saturated heterocycles. The maximum Gasteiger partial charge on any atom is 0.335 e. The van der Waals surface area contributed by atoms with Crippen LogP contribution in [-0.4, -0.2) is 22.2 Å². The average Bonchev–Trinajstić information content (AvgIpc) is 2.63. The summed E-state index contributed by atoms with van der Waals surface area (Å²) in [6.07, 6.45) is 0. The van der Waals surface area contributed by atoms with Gasteiger partial charge in [0.2, 0.25) is 0 Å². The third-order valence-corrected chi connectivity index (χ3v) is 4.51. The Morgan fingerprint density at radius 3 is 1.58 bits per heavy atom. The summed E-state index contributed by atoms with van der Waals surface area (Å²) in [5, 5.41) is 18.5. The first-order valence-corrected chi connectivity index (χ1v) is 8.22. The van der Waals surface area contributed by atoms with Gasteiger partial charge in [0, 0.05) is 10.6 Å². The molecule has 3 aromatic rings. The molecule has 130 valence electrons. The van der Waals surface area contributed by atoms with Crippen LogP contribution < -0.4 is 0 Å². The van der Waals surface area contributed by atoms with Crippen molar-refractivity contribution in [3.8, 4) is 22.3 Å². The number of hydrogen-bond donors (Lipinski definition) is 2. The fraction of sp³-hybridized carbons (Fsp3) is 0.0476. The van der Waals surface area contributed by atoms with Crippen LogP contribution in [-0.2, 0) is 0 Å². The summed E-state index contributed by atoms with van der Waals surface area (Å²) in [6.45, 7) is 1.95. The molecule has 0 bridgehead atoms. The second-order valence-electron chi connectivity index (χ2n) is 5.91. The van der Waals surface area contributed by atoms with Crippen molar-refractivity contribution < 1.29 is 19.8 Å². The van der Waals surface area contributed by atoms with Crippen LogP contribution >= 0.6 is 11.6 Å². The molecule has 0 aromatic heterocycles. The van der Waals surface area contributed by atoms with Crippen LogP contribution in [0.5, 0.6) is 0 Å². The van der Waals surface area contributed by atoms with E-state index in [0.717, 1.165) is 27.8 Å². The highest BCUT2D eigenvalue weighted by Gasteiger charge is 2.11. The lowest BCUT2D eigenvalue weighted by atomic mass is 9.95. The SMILES string of the molecule is Cc1cc(-c2ccc(C(=O)O)cc2)c(Cl)cc1-c1ccc(C(=O)O)cc1. The number of rotatable bonds is 4. The molecule has 0 fully saturated rings. The molecule has 0 atom stereocenters. The lowest BCUT2D eigenvalue weighted by Crippen LogP contribution is -1.96. The summed E-state index contributed by atoms with van der Waals surface area (Å²) in [5.74, 6) is -1.94. The Morgan fingerprint density at radius 2 is 1.15 bits per heavy atom. The van der Waals surface area contributed by atoms with Gasteiger partial charge >= 0.3 is 11.9 Å². The van der Waals surface area contributed by atoms with Crippen LogP contribution in [0, 0.1) is 6.92 Å². The predicted octanol–water partition coefficient (Wildman–Crippen LogP) is 5.38. The molecule has 0 amide bonds.